The lowest BCUT2D eigenvalue weighted by atomic mass is 10.2. The number of aryl methyl sites for hydroxylation is 1. The van der Waals surface area contributed by atoms with Crippen LogP contribution in [0.3, 0.4) is 0 Å². The number of amides is 1. The predicted molar refractivity (Wildman–Crippen MR) is 70.9 cm³/mol. The summed E-state index contributed by atoms with van der Waals surface area (Å²) in [6.45, 7) is 1.79. The Morgan fingerprint density at radius 2 is 2.21 bits per heavy atom. The highest BCUT2D eigenvalue weighted by atomic mass is 16.1. The number of hydrogen-bond acceptors (Lipinski definition) is 4. The molecule has 2 heterocycles. The van der Waals surface area contributed by atoms with Crippen molar-refractivity contribution in [3.8, 4) is 0 Å². The zero-order valence-corrected chi connectivity index (χ0v) is 10.6. The zero-order valence-electron chi connectivity index (χ0n) is 10.6. The van der Waals surface area contributed by atoms with E-state index in [0.717, 1.165) is 24.2 Å². The molecule has 5 heteroatoms. The number of nitrogens with one attached hydrogen (secondary N) is 1. The summed E-state index contributed by atoms with van der Waals surface area (Å²) >= 11 is 0. The lowest BCUT2D eigenvalue weighted by molar-refractivity contribution is 0.102. The molecule has 0 bridgehead atoms. The van der Waals surface area contributed by atoms with E-state index in [-0.39, 0.29) is 5.91 Å². The van der Waals surface area contributed by atoms with Gasteiger partial charge in [-0.15, -0.1) is 0 Å². The van der Waals surface area contributed by atoms with Gasteiger partial charge in [-0.1, -0.05) is 0 Å². The number of rotatable bonds is 3. The van der Waals surface area contributed by atoms with Gasteiger partial charge >= 0.3 is 0 Å². The minimum atomic E-state index is -0.187. The summed E-state index contributed by atoms with van der Waals surface area (Å²) in [6.07, 6.45) is 7.03. The molecule has 1 aliphatic carbocycles. The Kier molecular flexibility index (Phi) is 2.95. The average molecular weight is 254 g/mol. The van der Waals surface area contributed by atoms with Gasteiger partial charge < -0.3 is 5.32 Å². The fourth-order valence-corrected chi connectivity index (χ4v) is 2.01. The van der Waals surface area contributed by atoms with Crippen LogP contribution in [0.2, 0.25) is 0 Å². The third-order valence-corrected chi connectivity index (χ3v) is 3.21. The summed E-state index contributed by atoms with van der Waals surface area (Å²) in [5.41, 5.74) is 2.93. The summed E-state index contributed by atoms with van der Waals surface area (Å²) in [5, 5.41) is 2.91. The highest BCUT2D eigenvalue weighted by molar-refractivity contribution is 6.05. The first kappa shape index (κ1) is 11.8. The lowest BCUT2D eigenvalue weighted by Gasteiger charge is -2.10. The normalized spacial score (nSPS) is 14.2. The summed E-state index contributed by atoms with van der Waals surface area (Å²) < 4.78 is 0. The highest BCUT2D eigenvalue weighted by Gasteiger charge is 2.28. The fourth-order valence-electron chi connectivity index (χ4n) is 2.01. The van der Waals surface area contributed by atoms with Crippen LogP contribution >= 0.6 is 0 Å². The molecule has 0 atom stereocenters. The fraction of sp³-hybridized carbons (Fsp3) is 0.286. The molecule has 0 unspecified atom stereocenters. The maximum absolute atomic E-state index is 12.2. The Bertz CT molecular complexity index is 622. The average Bonchev–Trinajstić information content (AvgIpc) is 3.24. The highest BCUT2D eigenvalue weighted by Crippen LogP contribution is 2.42. The zero-order chi connectivity index (χ0) is 13.2. The van der Waals surface area contributed by atoms with Gasteiger partial charge in [-0.2, -0.15) is 0 Å². The van der Waals surface area contributed by atoms with Crippen LogP contribution in [0.4, 0.5) is 5.69 Å². The second-order valence-electron chi connectivity index (χ2n) is 4.69. The van der Waals surface area contributed by atoms with Crippen molar-refractivity contribution in [2.24, 2.45) is 0 Å². The maximum Gasteiger partial charge on any atom is 0.259 e. The Labute approximate surface area is 111 Å². The molecule has 2 aromatic rings. The molecule has 0 spiro atoms. The first-order valence-corrected chi connectivity index (χ1v) is 6.28. The molecule has 96 valence electrons. The SMILES string of the molecule is Cc1ncncc1C(=O)Nc1cccnc1C1CC1. The summed E-state index contributed by atoms with van der Waals surface area (Å²) in [4.78, 5) is 24.5. The molecule has 1 fully saturated rings. The van der Waals surface area contributed by atoms with Gasteiger partial charge in [0.1, 0.15) is 6.33 Å². The Morgan fingerprint density at radius 3 is 2.95 bits per heavy atom. The van der Waals surface area contributed by atoms with E-state index >= 15 is 0 Å². The molecule has 5 nitrogen and oxygen atoms in total. The van der Waals surface area contributed by atoms with Crippen LogP contribution in [0.1, 0.15) is 40.5 Å². The van der Waals surface area contributed by atoms with E-state index in [1.54, 1.807) is 13.1 Å². The van der Waals surface area contributed by atoms with E-state index in [9.17, 15) is 4.79 Å². The van der Waals surface area contributed by atoms with Crippen molar-refractivity contribution in [1.29, 1.82) is 0 Å². The molecular formula is C14H14N4O. The molecule has 0 saturated heterocycles. The number of pyridine rings is 1. The molecular weight excluding hydrogens is 240 g/mol. The standard InChI is InChI=1S/C14H14N4O/c1-9-11(7-15-8-17-9)14(19)18-12-3-2-6-16-13(12)10-4-5-10/h2-3,6-8,10H,4-5H2,1H3,(H,18,19). The van der Waals surface area contributed by atoms with Crippen molar-refractivity contribution in [1.82, 2.24) is 15.0 Å². The summed E-state index contributed by atoms with van der Waals surface area (Å²) in [7, 11) is 0. The van der Waals surface area contributed by atoms with E-state index in [1.165, 1.54) is 12.5 Å². The monoisotopic (exact) mass is 254 g/mol. The number of hydrogen-bond donors (Lipinski definition) is 1. The molecule has 1 amide bonds. The molecule has 1 aliphatic rings. The van der Waals surface area contributed by atoms with Crippen molar-refractivity contribution in [2.75, 3.05) is 5.32 Å². The number of nitrogens with zero attached hydrogens (tertiary/aromatic N) is 3. The molecule has 2 aromatic heterocycles. The molecule has 0 aliphatic heterocycles. The first-order chi connectivity index (χ1) is 9.25. The molecule has 3 rings (SSSR count). The Hall–Kier alpha value is -2.30. The van der Waals surface area contributed by atoms with E-state index in [4.69, 9.17) is 0 Å². The van der Waals surface area contributed by atoms with Crippen LogP contribution in [0.5, 0.6) is 0 Å². The van der Waals surface area contributed by atoms with E-state index in [0.29, 0.717) is 17.2 Å². The van der Waals surface area contributed by atoms with Crippen LogP contribution in [0, 0.1) is 6.92 Å². The third kappa shape index (κ3) is 2.45. The molecule has 19 heavy (non-hydrogen) atoms. The van der Waals surface area contributed by atoms with Gasteiger partial charge in [-0.25, -0.2) is 9.97 Å². The maximum atomic E-state index is 12.2. The van der Waals surface area contributed by atoms with Crippen LogP contribution in [0.15, 0.2) is 30.9 Å². The molecule has 0 radical (unpaired) electrons. The second kappa shape index (κ2) is 4.76. The van der Waals surface area contributed by atoms with E-state index in [2.05, 4.69) is 20.3 Å². The largest absolute Gasteiger partial charge is 0.320 e. The van der Waals surface area contributed by atoms with E-state index in [1.807, 2.05) is 12.1 Å². The number of carbonyl (C=O) groups excluding carboxylic acids is 1. The number of aromatic nitrogens is 3. The van der Waals surface area contributed by atoms with Gasteiger partial charge in [0.15, 0.2) is 0 Å². The molecule has 0 aromatic carbocycles. The van der Waals surface area contributed by atoms with Gasteiger partial charge in [-0.3, -0.25) is 9.78 Å². The van der Waals surface area contributed by atoms with Gasteiger partial charge in [-0.05, 0) is 31.9 Å². The quantitative estimate of drug-likeness (QED) is 0.912. The van der Waals surface area contributed by atoms with Crippen LogP contribution in [-0.2, 0) is 0 Å². The lowest BCUT2D eigenvalue weighted by Crippen LogP contribution is -2.15. The minimum Gasteiger partial charge on any atom is -0.320 e. The van der Waals surface area contributed by atoms with Crippen molar-refractivity contribution in [3.05, 3.63) is 47.8 Å². The molecule has 1 saturated carbocycles. The van der Waals surface area contributed by atoms with Gasteiger partial charge in [0.25, 0.3) is 5.91 Å². The summed E-state index contributed by atoms with van der Waals surface area (Å²) in [6, 6.07) is 3.72. The molecule has 1 N–H and O–H groups in total. The van der Waals surface area contributed by atoms with Gasteiger partial charge in [0.2, 0.25) is 0 Å². The number of carbonyl (C=O) groups is 1. The topological polar surface area (TPSA) is 67.8 Å². The van der Waals surface area contributed by atoms with Crippen molar-refractivity contribution < 1.29 is 4.79 Å². The second-order valence-corrected chi connectivity index (χ2v) is 4.69. The first-order valence-electron chi connectivity index (χ1n) is 6.28. The number of anilines is 1. The van der Waals surface area contributed by atoms with Crippen molar-refractivity contribution in [3.63, 3.8) is 0 Å². The Balaban J connectivity index is 1.86. The minimum absolute atomic E-state index is 0.187. The van der Waals surface area contributed by atoms with Crippen LogP contribution in [-0.4, -0.2) is 20.9 Å². The van der Waals surface area contributed by atoms with Gasteiger partial charge in [0, 0.05) is 18.3 Å². The van der Waals surface area contributed by atoms with Crippen LogP contribution in [0.25, 0.3) is 0 Å². The smallest absolute Gasteiger partial charge is 0.259 e. The van der Waals surface area contributed by atoms with Gasteiger partial charge in [0.05, 0.1) is 22.6 Å². The van der Waals surface area contributed by atoms with Crippen molar-refractivity contribution >= 4 is 11.6 Å². The summed E-state index contributed by atoms with van der Waals surface area (Å²) in [5.74, 6) is 0.303. The van der Waals surface area contributed by atoms with E-state index < -0.39 is 0 Å². The third-order valence-electron chi connectivity index (χ3n) is 3.21. The predicted octanol–water partition coefficient (Wildman–Crippen LogP) is 2.31. The Morgan fingerprint density at radius 1 is 1.37 bits per heavy atom. The van der Waals surface area contributed by atoms with Crippen molar-refractivity contribution in [2.45, 2.75) is 25.7 Å². The van der Waals surface area contributed by atoms with Crippen LogP contribution < -0.4 is 5.32 Å².